The van der Waals surface area contributed by atoms with Crippen LogP contribution in [0.3, 0.4) is 0 Å². The van der Waals surface area contributed by atoms with Gasteiger partial charge in [0.15, 0.2) is 11.5 Å². The van der Waals surface area contributed by atoms with E-state index in [1.807, 2.05) is 0 Å². The van der Waals surface area contributed by atoms with Gasteiger partial charge in [-0.05, 0) is 66.2 Å². The summed E-state index contributed by atoms with van der Waals surface area (Å²) in [5, 5.41) is 2.60. The minimum atomic E-state index is -4.60. The van der Waals surface area contributed by atoms with E-state index in [0.29, 0.717) is 23.3 Å². The van der Waals surface area contributed by atoms with Gasteiger partial charge in [0.2, 0.25) is 12.7 Å². The zero-order valence-electron chi connectivity index (χ0n) is 17.3. The van der Waals surface area contributed by atoms with Crippen LogP contribution in [0.1, 0.15) is 11.1 Å². The zero-order chi connectivity index (χ0) is 24.3. The summed E-state index contributed by atoms with van der Waals surface area (Å²) >= 11 is 0. The van der Waals surface area contributed by atoms with Crippen molar-refractivity contribution in [3.8, 4) is 11.5 Å². The Kier molecular flexibility index (Phi) is 6.20. The van der Waals surface area contributed by atoms with Crippen molar-refractivity contribution < 1.29 is 35.9 Å². The number of halogens is 3. The number of nitrogens with one attached hydrogen (secondary N) is 2. The van der Waals surface area contributed by atoms with Crippen LogP contribution in [0, 0.1) is 0 Å². The second kappa shape index (κ2) is 9.10. The van der Waals surface area contributed by atoms with E-state index < -0.39 is 27.7 Å². The van der Waals surface area contributed by atoms with E-state index in [4.69, 9.17) is 9.47 Å². The molecule has 0 saturated carbocycles. The largest absolute Gasteiger partial charge is 0.454 e. The van der Waals surface area contributed by atoms with Crippen LogP contribution in [0.25, 0.3) is 6.08 Å². The Morgan fingerprint density at radius 1 is 0.912 bits per heavy atom. The molecule has 0 unspecified atom stereocenters. The number of hydrogen-bond donors (Lipinski definition) is 2. The van der Waals surface area contributed by atoms with E-state index in [9.17, 15) is 26.4 Å². The summed E-state index contributed by atoms with van der Waals surface area (Å²) in [6.07, 6.45) is -1.72. The molecule has 0 spiro atoms. The van der Waals surface area contributed by atoms with E-state index in [2.05, 4.69) is 10.0 Å². The molecule has 1 amide bonds. The maximum absolute atomic E-state index is 12.8. The molecule has 2 N–H and O–H groups in total. The average molecular weight is 490 g/mol. The number of fused-ring (bicyclic) bond motifs is 1. The maximum Gasteiger partial charge on any atom is 0.416 e. The molecular formula is C23H17F3N2O5S. The summed E-state index contributed by atoms with van der Waals surface area (Å²) in [5.74, 6) is 0.757. The lowest BCUT2D eigenvalue weighted by Crippen LogP contribution is -2.14. The predicted octanol–water partition coefficient (Wildman–Crippen LogP) is 4.89. The lowest BCUT2D eigenvalue weighted by Gasteiger charge is -2.11. The molecule has 0 atom stereocenters. The van der Waals surface area contributed by atoms with Gasteiger partial charge < -0.3 is 14.8 Å². The lowest BCUT2D eigenvalue weighted by molar-refractivity contribution is -0.137. The third-order valence-electron chi connectivity index (χ3n) is 4.70. The number of ether oxygens (including phenoxy) is 2. The fraction of sp³-hybridized carbons (Fsp3) is 0.0870. The van der Waals surface area contributed by atoms with Crippen molar-refractivity contribution in [2.75, 3.05) is 16.8 Å². The molecule has 4 rings (SSSR count). The number of carbonyl (C=O) groups excluding carboxylic acids is 1. The highest BCUT2D eigenvalue weighted by Gasteiger charge is 2.30. The van der Waals surface area contributed by atoms with Gasteiger partial charge in [0, 0.05) is 17.5 Å². The SMILES string of the molecule is O=C(C=Cc1ccc2c(c1)OCO2)Nc1ccc(S(=O)(=O)Nc2cccc(C(F)(F)F)c2)cc1. The molecule has 7 nitrogen and oxygen atoms in total. The first-order chi connectivity index (χ1) is 16.1. The Labute approximate surface area is 192 Å². The van der Waals surface area contributed by atoms with Crippen LogP contribution in [-0.4, -0.2) is 21.1 Å². The second-order valence-corrected chi connectivity index (χ2v) is 8.83. The summed E-state index contributed by atoms with van der Waals surface area (Å²) in [6, 6.07) is 14.3. The van der Waals surface area contributed by atoms with Crippen LogP contribution in [0.4, 0.5) is 24.5 Å². The summed E-state index contributed by atoms with van der Waals surface area (Å²) in [4.78, 5) is 12.0. The molecule has 0 radical (unpaired) electrons. The van der Waals surface area contributed by atoms with Gasteiger partial charge in [-0.2, -0.15) is 13.2 Å². The monoisotopic (exact) mass is 490 g/mol. The predicted molar refractivity (Wildman–Crippen MR) is 119 cm³/mol. The number of alkyl halides is 3. The minimum absolute atomic E-state index is 0.143. The third kappa shape index (κ3) is 5.49. The topological polar surface area (TPSA) is 93.7 Å². The minimum Gasteiger partial charge on any atom is -0.454 e. The molecule has 0 bridgehead atoms. The van der Waals surface area contributed by atoms with Crippen molar-refractivity contribution in [3.63, 3.8) is 0 Å². The van der Waals surface area contributed by atoms with Gasteiger partial charge in [-0.25, -0.2) is 8.42 Å². The van der Waals surface area contributed by atoms with Crippen LogP contribution >= 0.6 is 0 Å². The highest BCUT2D eigenvalue weighted by molar-refractivity contribution is 7.92. The van der Waals surface area contributed by atoms with Crippen molar-refractivity contribution >= 4 is 33.4 Å². The summed E-state index contributed by atoms with van der Waals surface area (Å²) in [6.45, 7) is 0.143. The van der Waals surface area contributed by atoms with Crippen LogP contribution in [0.5, 0.6) is 11.5 Å². The van der Waals surface area contributed by atoms with Crippen LogP contribution in [0.2, 0.25) is 0 Å². The van der Waals surface area contributed by atoms with Gasteiger partial charge in [0.25, 0.3) is 10.0 Å². The van der Waals surface area contributed by atoms with E-state index in [0.717, 1.165) is 17.7 Å². The van der Waals surface area contributed by atoms with Gasteiger partial charge in [-0.1, -0.05) is 12.1 Å². The van der Waals surface area contributed by atoms with Crippen molar-refractivity contribution in [2.45, 2.75) is 11.1 Å². The van der Waals surface area contributed by atoms with Gasteiger partial charge >= 0.3 is 6.18 Å². The highest BCUT2D eigenvalue weighted by atomic mass is 32.2. The Hall–Kier alpha value is -3.99. The first kappa shape index (κ1) is 23.2. The number of sulfonamides is 1. The average Bonchev–Trinajstić information content (AvgIpc) is 3.25. The normalized spacial score (nSPS) is 13.1. The first-order valence-corrected chi connectivity index (χ1v) is 11.3. The highest BCUT2D eigenvalue weighted by Crippen LogP contribution is 2.33. The smallest absolute Gasteiger partial charge is 0.416 e. The van der Waals surface area contributed by atoms with Crippen LogP contribution in [-0.2, 0) is 21.0 Å². The lowest BCUT2D eigenvalue weighted by atomic mass is 10.2. The molecule has 0 saturated heterocycles. The molecule has 0 aliphatic carbocycles. The fourth-order valence-electron chi connectivity index (χ4n) is 3.06. The first-order valence-electron chi connectivity index (χ1n) is 9.79. The Morgan fingerprint density at radius 2 is 1.65 bits per heavy atom. The molecule has 1 aliphatic rings. The number of hydrogen-bond acceptors (Lipinski definition) is 5. The van der Waals surface area contributed by atoms with E-state index >= 15 is 0 Å². The Balaban J connectivity index is 1.40. The maximum atomic E-state index is 12.8. The zero-order valence-corrected chi connectivity index (χ0v) is 18.1. The van der Waals surface area contributed by atoms with E-state index in [1.165, 1.54) is 36.4 Å². The number of amides is 1. The number of rotatable bonds is 6. The molecule has 3 aromatic carbocycles. The molecule has 34 heavy (non-hydrogen) atoms. The molecule has 1 aliphatic heterocycles. The van der Waals surface area contributed by atoms with Gasteiger partial charge in [0.1, 0.15) is 0 Å². The molecule has 1 heterocycles. The van der Waals surface area contributed by atoms with E-state index in [1.54, 1.807) is 24.3 Å². The Morgan fingerprint density at radius 3 is 2.38 bits per heavy atom. The summed E-state index contributed by atoms with van der Waals surface area (Å²) < 4.78 is 76.2. The van der Waals surface area contributed by atoms with Crippen LogP contribution < -0.4 is 19.5 Å². The summed E-state index contributed by atoms with van der Waals surface area (Å²) in [5.41, 5.74) is -0.139. The molecule has 0 fully saturated rings. The van der Waals surface area contributed by atoms with Crippen LogP contribution in [0.15, 0.2) is 77.7 Å². The molecule has 176 valence electrons. The van der Waals surface area contributed by atoms with Crippen molar-refractivity contribution in [2.24, 2.45) is 0 Å². The number of carbonyl (C=O) groups is 1. The molecular weight excluding hydrogens is 473 g/mol. The van der Waals surface area contributed by atoms with Crippen molar-refractivity contribution in [1.29, 1.82) is 0 Å². The third-order valence-corrected chi connectivity index (χ3v) is 6.10. The van der Waals surface area contributed by atoms with Gasteiger partial charge in [-0.3, -0.25) is 9.52 Å². The number of benzene rings is 3. The quantitative estimate of drug-likeness (QED) is 0.480. The molecule has 0 aromatic heterocycles. The number of anilines is 2. The second-order valence-electron chi connectivity index (χ2n) is 7.14. The molecule has 3 aromatic rings. The van der Waals surface area contributed by atoms with Gasteiger partial charge in [0.05, 0.1) is 10.5 Å². The summed E-state index contributed by atoms with van der Waals surface area (Å²) in [7, 11) is -4.14. The fourth-order valence-corrected chi connectivity index (χ4v) is 4.11. The van der Waals surface area contributed by atoms with Crippen molar-refractivity contribution in [1.82, 2.24) is 0 Å². The van der Waals surface area contributed by atoms with Gasteiger partial charge in [-0.15, -0.1) is 0 Å². The molecule has 11 heteroatoms. The Bertz CT molecular complexity index is 1350. The van der Waals surface area contributed by atoms with Crippen molar-refractivity contribution in [3.05, 3.63) is 83.9 Å². The van der Waals surface area contributed by atoms with E-state index in [-0.39, 0.29) is 17.4 Å². The standard InChI is InChI=1S/C23H17F3N2O5S/c24-23(25,26)16-2-1-3-18(13-16)28-34(30,31)19-8-6-17(7-9-19)27-22(29)11-5-15-4-10-20-21(12-15)33-14-32-20/h1-13,28H,14H2,(H,27,29).